The fraction of sp³-hybridized carbons (Fsp3) is 0. The SMILES string of the molecule is C1=CC=c2[nH]cnc2=NC=1. The Bertz CT molecular complexity index is 370. The zero-order chi connectivity index (χ0) is 6.81. The maximum atomic E-state index is 4.01. The minimum atomic E-state index is 0.723. The first kappa shape index (κ1) is 5.21. The molecule has 1 aromatic rings. The Morgan fingerprint density at radius 3 is 3.50 bits per heavy atom. The second-order valence-electron chi connectivity index (χ2n) is 1.90. The molecule has 2 heterocycles. The standard InChI is InChI=1S/C7H5N3/c1-2-4-8-7-6(3-1)9-5-10-7/h1,3-5H,(H,8,9,10). The van der Waals surface area contributed by atoms with E-state index in [1.807, 2.05) is 6.08 Å². The smallest absolute Gasteiger partial charge is 0.177 e. The molecule has 0 spiro atoms. The van der Waals surface area contributed by atoms with Gasteiger partial charge in [-0.2, -0.15) is 0 Å². The molecule has 0 atom stereocenters. The number of aromatic nitrogens is 2. The van der Waals surface area contributed by atoms with Gasteiger partial charge in [0, 0.05) is 0 Å². The van der Waals surface area contributed by atoms with Gasteiger partial charge in [0.1, 0.15) is 0 Å². The van der Waals surface area contributed by atoms with Crippen molar-refractivity contribution in [1.29, 1.82) is 0 Å². The molecule has 0 bridgehead atoms. The maximum absolute atomic E-state index is 4.01. The molecule has 0 saturated heterocycles. The Morgan fingerprint density at radius 2 is 2.50 bits per heavy atom. The molecular formula is C7H5N3. The fourth-order valence-corrected chi connectivity index (χ4v) is 0.795. The Balaban J connectivity index is 2.94. The van der Waals surface area contributed by atoms with Gasteiger partial charge in [0.05, 0.1) is 17.9 Å². The molecule has 0 aliphatic carbocycles. The van der Waals surface area contributed by atoms with Crippen LogP contribution in [0.1, 0.15) is 0 Å². The van der Waals surface area contributed by atoms with E-state index in [4.69, 9.17) is 0 Å². The summed E-state index contributed by atoms with van der Waals surface area (Å²) in [5, 5.41) is 0.932. The Kier molecular flexibility index (Phi) is 1.03. The van der Waals surface area contributed by atoms with Crippen molar-refractivity contribution in [3.8, 4) is 0 Å². The predicted molar refractivity (Wildman–Crippen MR) is 36.5 cm³/mol. The molecular weight excluding hydrogens is 126 g/mol. The normalized spacial score (nSPS) is 13.2. The van der Waals surface area contributed by atoms with Crippen LogP contribution in [0.3, 0.4) is 0 Å². The fourth-order valence-electron chi connectivity index (χ4n) is 0.795. The van der Waals surface area contributed by atoms with E-state index in [-0.39, 0.29) is 0 Å². The van der Waals surface area contributed by atoms with Crippen LogP contribution >= 0.6 is 0 Å². The van der Waals surface area contributed by atoms with Crippen molar-refractivity contribution in [2.75, 3.05) is 0 Å². The largest absolute Gasteiger partial charge is 0.343 e. The van der Waals surface area contributed by atoms with Gasteiger partial charge in [-0.25, -0.2) is 9.98 Å². The molecule has 0 amide bonds. The van der Waals surface area contributed by atoms with Crippen LogP contribution in [0.5, 0.6) is 0 Å². The minimum Gasteiger partial charge on any atom is -0.343 e. The van der Waals surface area contributed by atoms with Crippen molar-refractivity contribution in [3.05, 3.63) is 35.2 Å². The average molecular weight is 131 g/mol. The van der Waals surface area contributed by atoms with Crippen LogP contribution < -0.4 is 10.8 Å². The third-order valence-electron chi connectivity index (χ3n) is 1.26. The first-order chi connectivity index (χ1) is 4.97. The summed E-state index contributed by atoms with van der Waals surface area (Å²) >= 11 is 0. The molecule has 1 aromatic heterocycles. The van der Waals surface area contributed by atoms with Crippen molar-refractivity contribution >= 4 is 6.08 Å². The number of fused-ring (bicyclic) bond motifs is 1. The van der Waals surface area contributed by atoms with E-state index in [1.165, 1.54) is 0 Å². The van der Waals surface area contributed by atoms with Gasteiger partial charge in [0.2, 0.25) is 0 Å². The van der Waals surface area contributed by atoms with Crippen molar-refractivity contribution < 1.29 is 0 Å². The molecule has 1 aliphatic heterocycles. The number of hydrogen-bond donors (Lipinski definition) is 1. The summed E-state index contributed by atoms with van der Waals surface area (Å²) in [6.07, 6.45) is 6.91. The van der Waals surface area contributed by atoms with Gasteiger partial charge >= 0.3 is 0 Å². The van der Waals surface area contributed by atoms with Gasteiger partial charge in [-0.1, -0.05) is 0 Å². The summed E-state index contributed by atoms with van der Waals surface area (Å²) in [6, 6.07) is 0. The first-order valence-electron chi connectivity index (χ1n) is 2.95. The van der Waals surface area contributed by atoms with E-state index in [1.54, 1.807) is 18.6 Å². The summed E-state index contributed by atoms with van der Waals surface area (Å²) in [5.74, 6) is 0. The number of aromatic amines is 1. The molecule has 0 fully saturated rings. The molecule has 2 rings (SSSR count). The van der Waals surface area contributed by atoms with Gasteiger partial charge in [0.25, 0.3) is 0 Å². The van der Waals surface area contributed by atoms with Crippen LogP contribution in [-0.4, -0.2) is 9.97 Å². The molecule has 1 N–H and O–H groups in total. The van der Waals surface area contributed by atoms with Crippen LogP contribution in [0.15, 0.2) is 29.3 Å². The number of nitrogens with zero attached hydrogens (tertiary/aromatic N) is 2. The monoisotopic (exact) mass is 131 g/mol. The van der Waals surface area contributed by atoms with Crippen LogP contribution in [0.2, 0.25) is 0 Å². The number of allylic oxidation sites excluding steroid dienone is 1. The summed E-state index contributed by atoms with van der Waals surface area (Å²) in [5.41, 5.74) is 3.57. The van der Waals surface area contributed by atoms with Crippen molar-refractivity contribution in [2.24, 2.45) is 4.99 Å². The third-order valence-corrected chi connectivity index (χ3v) is 1.26. The summed E-state index contributed by atoms with van der Waals surface area (Å²) in [6.45, 7) is 0. The van der Waals surface area contributed by atoms with Crippen LogP contribution in [0, 0.1) is 0 Å². The van der Waals surface area contributed by atoms with Gasteiger partial charge in [-0.3, -0.25) is 0 Å². The topological polar surface area (TPSA) is 41.0 Å². The molecule has 3 heteroatoms. The Hall–Kier alpha value is -1.60. The average Bonchev–Trinajstić information content (AvgIpc) is 2.28. The number of nitrogens with one attached hydrogen (secondary N) is 1. The Labute approximate surface area is 57.1 Å². The van der Waals surface area contributed by atoms with E-state index in [9.17, 15) is 0 Å². The summed E-state index contributed by atoms with van der Waals surface area (Å²) in [4.78, 5) is 10.9. The highest BCUT2D eigenvalue weighted by molar-refractivity contribution is 5.33. The molecule has 1 aliphatic rings. The second-order valence-corrected chi connectivity index (χ2v) is 1.90. The molecule has 0 radical (unpaired) electrons. The lowest BCUT2D eigenvalue weighted by Crippen LogP contribution is -2.23. The van der Waals surface area contributed by atoms with Gasteiger partial charge < -0.3 is 4.98 Å². The third kappa shape index (κ3) is 0.694. The predicted octanol–water partition coefficient (Wildman–Crippen LogP) is -0.508. The maximum Gasteiger partial charge on any atom is 0.177 e. The van der Waals surface area contributed by atoms with E-state index < -0.39 is 0 Å². The molecule has 0 aromatic carbocycles. The van der Waals surface area contributed by atoms with Crippen LogP contribution in [-0.2, 0) is 0 Å². The zero-order valence-corrected chi connectivity index (χ0v) is 5.20. The molecule has 3 nitrogen and oxygen atoms in total. The highest BCUT2D eigenvalue weighted by Crippen LogP contribution is 1.73. The summed E-state index contributed by atoms with van der Waals surface area (Å²) in [7, 11) is 0. The number of imidazole rings is 1. The zero-order valence-electron chi connectivity index (χ0n) is 5.20. The van der Waals surface area contributed by atoms with E-state index in [0.29, 0.717) is 0 Å². The highest BCUT2D eigenvalue weighted by atomic mass is 14.9. The molecule has 0 unspecified atom stereocenters. The number of H-pyrrole nitrogens is 1. The lowest BCUT2D eigenvalue weighted by molar-refractivity contribution is 1.18. The van der Waals surface area contributed by atoms with Gasteiger partial charge in [-0.05, 0) is 12.2 Å². The minimum absolute atomic E-state index is 0.723. The van der Waals surface area contributed by atoms with Crippen molar-refractivity contribution in [3.63, 3.8) is 0 Å². The quantitative estimate of drug-likeness (QED) is 0.473. The van der Waals surface area contributed by atoms with Crippen LogP contribution in [0.25, 0.3) is 6.08 Å². The van der Waals surface area contributed by atoms with E-state index >= 15 is 0 Å². The number of rotatable bonds is 0. The van der Waals surface area contributed by atoms with Crippen LogP contribution in [0.4, 0.5) is 0 Å². The second kappa shape index (κ2) is 1.97. The Morgan fingerprint density at radius 1 is 1.50 bits per heavy atom. The molecule has 48 valence electrons. The van der Waals surface area contributed by atoms with Crippen molar-refractivity contribution in [1.82, 2.24) is 9.97 Å². The molecule has 0 saturated carbocycles. The lowest BCUT2D eigenvalue weighted by atomic mass is 10.5. The van der Waals surface area contributed by atoms with Gasteiger partial charge in [0.15, 0.2) is 5.49 Å². The number of hydrogen-bond acceptors (Lipinski definition) is 2. The molecule has 10 heavy (non-hydrogen) atoms. The highest BCUT2D eigenvalue weighted by Gasteiger charge is 1.86. The van der Waals surface area contributed by atoms with Gasteiger partial charge in [-0.15, -0.1) is 5.73 Å². The lowest BCUT2D eigenvalue weighted by Gasteiger charge is -1.68. The van der Waals surface area contributed by atoms with E-state index in [0.717, 1.165) is 10.8 Å². The van der Waals surface area contributed by atoms with Crippen molar-refractivity contribution in [2.45, 2.75) is 0 Å². The van der Waals surface area contributed by atoms with E-state index in [2.05, 4.69) is 20.7 Å². The first-order valence-corrected chi connectivity index (χ1v) is 2.95. The summed E-state index contributed by atoms with van der Waals surface area (Å²) < 4.78 is 0.